The molecule has 0 saturated heterocycles. The highest BCUT2D eigenvalue weighted by Crippen LogP contribution is 2.50. The standard InChI is InChI=1S/C68H45NO2/c1-3-16-44(17-4-1)46-30-34-52(35-31-46)69(53-36-32-47(33-37-53)45-18-5-2-6-19-45)54-38-39-58-61-43-64-66(59-27-13-14-29-62(59)70-64)67(68(61)71-63(58)42-54)60-28-15-23-51-41-49-21-8-11-25-56(49)55-24-10-7-20-48(55)40-50-22-9-12-26-57(50)65(51)60/h1-39,42-43H,40-41H2. The van der Waals surface area contributed by atoms with E-state index in [1.54, 1.807) is 0 Å². The molecule has 0 unspecified atom stereocenters. The molecule has 3 heteroatoms. The highest BCUT2D eigenvalue weighted by atomic mass is 16.3. The Balaban J connectivity index is 0.995. The van der Waals surface area contributed by atoms with Gasteiger partial charge in [-0.05, 0) is 134 Å². The molecule has 0 atom stereocenters. The van der Waals surface area contributed by atoms with Crippen LogP contribution in [0.4, 0.5) is 17.1 Å². The molecule has 3 nitrogen and oxygen atoms in total. The first kappa shape index (κ1) is 40.8. The minimum Gasteiger partial charge on any atom is -0.456 e. The van der Waals surface area contributed by atoms with E-state index < -0.39 is 0 Å². The average Bonchev–Trinajstić information content (AvgIpc) is 3.99. The fraction of sp³-hybridized carbons (Fsp3) is 0.0294. The van der Waals surface area contributed by atoms with Crippen LogP contribution in [0.25, 0.3) is 99.5 Å². The summed E-state index contributed by atoms with van der Waals surface area (Å²) >= 11 is 0. The van der Waals surface area contributed by atoms with Crippen molar-refractivity contribution in [1.82, 2.24) is 0 Å². The lowest BCUT2D eigenvalue weighted by Crippen LogP contribution is -2.09. The van der Waals surface area contributed by atoms with Gasteiger partial charge in [-0.25, -0.2) is 0 Å². The van der Waals surface area contributed by atoms with Crippen molar-refractivity contribution in [3.05, 3.63) is 271 Å². The lowest BCUT2D eigenvalue weighted by atomic mass is 9.80. The Morgan fingerprint density at radius 3 is 1.42 bits per heavy atom. The number of hydrogen-bond donors (Lipinski definition) is 0. The predicted molar refractivity (Wildman–Crippen MR) is 295 cm³/mol. The average molecular weight is 908 g/mol. The summed E-state index contributed by atoms with van der Waals surface area (Å²) < 4.78 is 14.2. The Bertz CT molecular complexity index is 4060. The van der Waals surface area contributed by atoms with Gasteiger partial charge in [0.2, 0.25) is 0 Å². The molecule has 0 N–H and O–H groups in total. The van der Waals surface area contributed by atoms with Crippen molar-refractivity contribution in [3.63, 3.8) is 0 Å². The molecule has 1 aliphatic rings. The maximum absolute atomic E-state index is 7.39. The van der Waals surface area contributed by atoms with Crippen molar-refractivity contribution in [3.8, 4) is 55.6 Å². The van der Waals surface area contributed by atoms with Gasteiger partial charge in [-0.2, -0.15) is 0 Å². The number of nitrogens with zero attached hydrogens (tertiary/aromatic N) is 1. The molecular formula is C68H45NO2. The Morgan fingerprint density at radius 1 is 0.282 bits per heavy atom. The Morgan fingerprint density at radius 2 is 0.775 bits per heavy atom. The Hall–Kier alpha value is -9.18. The van der Waals surface area contributed by atoms with Gasteiger partial charge >= 0.3 is 0 Å². The van der Waals surface area contributed by atoms with Gasteiger partial charge < -0.3 is 13.7 Å². The first-order valence-electron chi connectivity index (χ1n) is 24.5. The number of anilines is 3. The largest absolute Gasteiger partial charge is 0.456 e. The maximum atomic E-state index is 7.39. The number of furan rings is 2. The second-order valence-corrected chi connectivity index (χ2v) is 18.7. The molecule has 13 aromatic rings. The van der Waals surface area contributed by atoms with Crippen molar-refractivity contribution in [1.29, 1.82) is 0 Å². The zero-order valence-electron chi connectivity index (χ0n) is 38.8. The van der Waals surface area contributed by atoms with Crippen LogP contribution in [0, 0.1) is 0 Å². The molecule has 0 spiro atoms. The number of fused-ring (bicyclic) bond motifs is 12. The quantitative estimate of drug-likeness (QED) is 0.166. The second kappa shape index (κ2) is 16.8. The molecule has 0 bridgehead atoms. The fourth-order valence-electron chi connectivity index (χ4n) is 11.3. The van der Waals surface area contributed by atoms with Crippen molar-refractivity contribution >= 4 is 60.9 Å². The van der Waals surface area contributed by atoms with E-state index in [9.17, 15) is 0 Å². The summed E-state index contributed by atoms with van der Waals surface area (Å²) in [4.78, 5) is 2.33. The van der Waals surface area contributed by atoms with Gasteiger partial charge in [-0.1, -0.05) is 194 Å². The lowest BCUT2D eigenvalue weighted by Gasteiger charge is -2.26. The van der Waals surface area contributed by atoms with Crippen LogP contribution in [0.3, 0.4) is 0 Å². The topological polar surface area (TPSA) is 29.5 Å². The fourth-order valence-corrected chi connectivity index (χ4v) is 11.3. The first-order chi connectivity index (χ1) is 35.2. The van der Waals surface area contributed by atoms with E-state index in [2.05, 4.69) is 254 Å². The van der Waals surface area contributed by atoms with E-state index in [1.807, 2.05) is 0 Å². The number of rotatable bonds is 6. The Kier molecular flexibility index (Phi) is 9.67. The molecule has 0 radical (unpaired) electrons. The summed E-state index contributed by atoms with van der Waals surface area (Å²) in [5.74, 6) is 0. The second-order valence-electron chi connectivity index (χ2n) is 18.7. The third-order valence-corrected chi connectivity index (χ3v) is 14.6. The van der Waals surface area contributed by atoms with E-state index in [-0.39, 0.29) is 0 Å². The molecule has 1 aliphatic carbocycles. The maximum Gasteiger partial charge on any atom is 0.144 e. The van der Waals surface area contributed by atoms with Gasteiger partial charge in [-0.15, -0.1) is 0 Å². The van der Waals surface area contributed by atoms with Crippen LogP contribution < -0.4 is 4.90 Å². The van der Waals surface area contributed by atoms with E-state index in [0.717, 1.165) is 84.9 Å². The third-order valence-electron chi connectivity index (χ3n) is 14.6. The van der Waals surface area contributed by atoms with Crippen LogP contribution in [0.1, 0.15) is 22.3 Å². The molecule has 0 aliphatic heterocycles. The minimum absolute atomic E-state index is 0.769. The van der Waals surface area contributed by atoms with Gasteiger partial charge in [0.25, 0.3) is 0 Å². The molecule has 71 heavy (non-hydrogen) atoms. The SMILES string of the molecule is c1ccc(-c2ccc(N(c3ccc(-c4ccccc4)cc3)c3ccc4c(c3)oc3c(-c5cccc6c5-c5ccccc5Cc5ccccc5-c5ccccc5C6)c5c(cc34)oc3ccccc35)cc2)cc1. The van der Waals surface area contributed by atoms with Gasteiger partial charge in [0, 0.05) is 50.2 Å². The summed E-state index contributed by atoms with van der Waals surface area (Å²) in [5.41, 5.74) is 23.5. The monoisotopic (exact) mass is 907 g/mol. The minimum atomic E-state index is 0.769. The van der Waals surface area contributed by atoms with Crippen LogP contribution in [0.15, 0.2) is 258 Å². The number of hydrogen-bond acceptors (Lipinski definition) is 3. The molecule has 2 aromatic heterocycles. The van der Waals surface area contributed by atoms with Crippen molar-refractivity contribution in [2.24, 2.45) is 0 Å². The molecule has 0 saturated carbocycles. The zero-order chi connectivity index (χ0) is 46.8. The number of para-hydroxylation sites is 1. The van der Waals surface area contributed by atoms with E-state index in [0.29, 0.717) is 0 Å². The summed E-state index contributed by atoms with van der Waals surface area (Å²) in [6.45, 7) is 0. The van der Waals surface area contributed by atoms with Crippen molar-refractivity contribution in [2.45, 2.75) is 12.8 Å². The van der Waals surface area contributed by atoms with Crippen molar-refractivity contribution < 1.29 is 8.83 Å². The lowest BCUT2D eigenvalue weighted by molar-refractivity contribution is 0.664. The summed E-state index contributed by atoms with van der Waals surface area (Å²) in [5, 5.41) is 4.17. The summed E-state index contributed by atoms with van der Waals surface area (Å²) in [6.07, 6.45) is 1.57. The van der Waals surface area contributed by atoms with Crippen LogP contribution in [-0.2, 0) is 12.8 Å². The van der Waals surface area contributed by atoms with Gasteiger partial charge in [-0.3, -0.25) is 0 Å². The molecule has 0 amide bonds. The number of benzene rings is 11. The molecule has 2 heterocycles. The van der Waals surface area contributed by atoms with E-state index >= 15 is 0 Å². The van der Waals surface area contributed by atoms with Gasteiger partial charge in [0.05, 0.1) is 0 Å². The Labute approximate surface area is 412 Å². The molecule has 11 aromatic carbocycles. The summed E-state index contributed by atoms with van der Waals surface area (Å²) in [7, 11) is 0. The highest BCUT2D eigenvalue weighted by molar-refractivity contribution is 6.24. The van der Waals surface area contributed by atoms with Gasteiger partial charge in [0.1, 0.15) is 22.3 Å². The molecular weight excluding hydrogens is 863 g/mol. The summed E-state index contributed by atoms with van der Waals surface area (Å²) in [6, 6.07) is 89.8. The highest BCUT2D eigenvalue weighted by Gasteiger charge is 2.27. The van der Waals surface area contributed by atoms with E-state index in [1.165, 1.54) is 66.8 Å². The predicted octanol–water partition coefficient (Wildman–Crippen LogP) is 18.8. The van der Waals surface area contributed by atoms with Gasteiger partial charge in [0.15, 0.2) is 0 Å². The first-order valence-corrected chi connectivity index (χ1v) is 24.5. The normalized spacial score (nSPS) is 12.1. The van der Waals surface area contributed by atoms with E-state index in [4.69, 9.17) is 8.83 Å². The molecule has 14 rings (SSSR count). The van der Waals surface area contributed by atoms with Crippen LogP contribution in [0.5, 0.6) is 0 Å². The smallest absolute Gasteiger partial charge is 0.144 e. The third kappa shape index (κ3) is 6.96. The van der Waals surface area contributed by atoms with Crippen LogP contribution in [0.2, 0.25) is 0 Å². The van der Waals surface area contributed by atoms with Crippen molar-refractivity contribution in [2.75, 3.05) is 4.90 Å². The van der Waals surface area contributed by atoms with Crippen LogP contribution >= 0.6 is 0 Å². The molecule has 334 valence electrons. The van der Waals surface area contributed by atoms with Crippen LogP contribution in [-0.4, -0.2) is 0 Å². The zero-order valence-corrected chi connectivity index (χ0v) is 38.8. The molecule has 0 fully saturated rings.